The molecule has 7 nitrogen and oxygen atoms in total. The molecule has 0 aliphatic carbocycles. The average Bonchev–Trinajstić information content (AvgIpc) is 3.00. The Hall–Kier alpha value is -3.62. The standard InChI is InChI=1S/C19H17N5O2S/c1-3-13-6-5-7-14(10-13)23-12-16-18(26)24(4-2)19(27-16)15(11-21)17(25)22-9-8-20/h3,5-7,10,12,23H,1,4,9H2,2H3,(H,22,25)/b16-12+,19-15-. The Bertz CT molecular complexity index is 1130. The fraction of sp³-hybridized carbons (Fsp3) is 0.158. The van der Waals surface area contributed by atoms with Gasteiger partial charge in [0, 0.05) is 18.4 Å². The molecule has 0 atom stereocenters. The van der Waals surface area contributed by atoms with Crippen LogP contribution in [0.5, 0.6) is 0 Å². The Balaban J connectivity index is 2.54. The molecule has 27 heavy (non-hydrogen) atoms. The molecule has 8 heteroatoms. The molecule has 0 radical (unpaired) electrons. The molecule has 1 aromatic heterocycles. The van der Waals surface area contributed by atoms with Crippen LogP contribution in [0, 0.1) is 22.7 Å². The van der Waals surface area contributed by atoms with Crippen LogP contribution in [0.15, 0.2) is 35.6 Å². The maximum absolute atomic E-state index is 12.6. The number of amides is 1. The number of thiazole rings is 1. The number of nitriles is 2. The van der Waals surface area contributed by atoms with Gasteiger partial charge in [0.05, 0.1) is 6.07 Å². The van der Waals surface area contributed by atoms with E-state index in [-0.39, 0.29) is 22.3 Å². The van der Waals surface area contributed by atoms with Crippen molar-refractivity contribution >= 4 is 40.8 Å². The lowest BCUT2D eigenvalue weighted by Gasteiger charge is -2.00. The molecule has 0 saturated heterocycles. The van der Waals surface area contributed by atoms with E-state index < -0.39 is 5.91 Å². The van der Waals surface area contributed by atoms with Crippen molar-refractivity contribution in [2.75, 3.05) is 11.9 Å². The minimum absolute atomic E-state index is 0.192. The molecule has 0 aliphatic rings. The minimum Gasteiger partial charge on any atom is -0.360 e. The highest BCUT2D eigenvalue weighted by atomic mass is 32.1. The van der Waals surface area contributed by atoms with Crippen LogP contribution in [0.4, 0.5) is 5.69 Å². The molecule has 2 N–H and O–H groups in total. The SMILES string of the molecule is C=Cc1cccc(N/C=c2/s/c(=C(/C#N)C(=O)NCC#N)n(CC)c2=O)c1. The van der Waals surface area contributed by atoms with Crippen LogP contribution >= 0.6 is 11.3 Å². The third kappa shape index (κ3) is 4.51. The number of nitrogens with zero attached hydrogens (tertiary/aromatic N) is 3. The first-order valence-corrected chi connectivity index (χ1v) is 8.85. The van der Waals surface area contributed by atoms with E-state index in [1.54, 1.807) is 25.3 Å². The summed E-state index contributed by atoms with van der Waals surface area (Å²) in [4.78, 5) is 24.7. The Morgan fingerprint density at radius 3 is 2.81 bits per heavy atom. The van der Waals surface area contributed by atoms with E-state index in [9.17, 15) is 14.9 Å². The monoisotopic (exact) mass is 379 g/mol. The number of carbonyl (C=O) groups is 1. The zero-order valence-corrected chi connectivity index (χ0v) is 15.5. The fourth-order valence-corrected chi connectivity index (χ4v) is 3.39. The maximum Gasteiger partial charge on any atom is 0.270 e. The number of anilines is 1. The van der Waals surface area contributed by atoms with Gasteiger partial charge in [0.1, 0.15) is 21.8 Å². The molecule has 2 rings (SSSR count). The van der Waals surface area contributed by atoms with Gasteiger partial charge in [-0.2, -0.15) is 10.5 Å². The summed E-state index contributed by atoms with van der Waals surface area (Å²) in [6.07, 6.45) is 3.26. The van der Waals surface area contributed by atoms with Crippen LogP contribution in [0.25, 0.3) is 17.8 Å². The Morgan fingerprint density at radius 1 is 1.41 bits per heavy atom. The van der Waals surface area contributed by atoms with E-state index in [4.69, 9.17) is 5.26 Å². The molecule has 1 amide bonds. The molecule has 136 valence electrons. The van der Waals surface area contributed by atoms with Crippen molar-refractivity contribution in [3.8, 4) is 12.1 Å². The summed E-state index contributed by atoms with van der Waals surface area (Å²) in [6.45, 7) is 5.56. The topological polar surface area (TPSA) is 111 Å². The highest BCUT2D eigenvalue weighted by Crippen LogP contribution is 2.11. The van der Waals surface area contributed by atoms with Crippen molar-refractivity contribution in [2.45, 2.75) is 13.5 Å². The first-order valence-electron chi connectivity index (χ1n) is 8.04. The highest BCUT2D eigenvalue weighted by Gasteiger charge is 2.14. The molecular formula is C19H17N5O2S. The second kappa shape index (κ2) is 9.18. The molecule has 0 unspecified atom stereocenters. The van der Waals surface area contributed by atoms with Crippen molar-refractivity contribution in [1.82, 2.24) is 9.88 Å². The van der Waals surface area contributed by atoms with Gasteiger partial charge < -0.3 is 10.6 Å². The molecule has 1 aromatic carbocycles. The minimum atomic E-state index is -0.680. The number of hydrogen-bond acceptors (Lipinski definition) is 6. The lowest BCUT2D eigenvalue weighted by Crippen LogP contribution is -2.34. The Morgan fingerprint density at radius 2 is 2.19 bits per heavy atom. The first-order chi connectivity index (χ1) is 13.0. The number of benzene rings is 1. The number of hydrogen-bond donors (Lipinski definition) is 2. The van der Waals surface area contributed by atoms with E-state index in [0.29, 0.717) is 11.1 Å². The van der Waals surface area contributed by atoms with Crippen LogP contribution in [-0.2, 0) is 11.3 Å². The van der Waals surface area contributed by atoms with Gasteiger partial charge >= 0.3 is 0 Å². The predicted molar refractivity (Wildman–Crippen MR) is 106 cm³/mol. The van der Waals surface area contributed by atoms with E-state index in [0.717, 1.165) is 22.6 Å². The van der Waals surface area contributed by atoms with Crippen molar-refractivity contribution in [2.24, 2.45) is 0 Å². The van der Waals surface area contributed by atoms with E-state index in [2.05, 4.69) is 17.2 Å². The zero-order valence-electron chi connectivity index (χ0n) is 14.7. The zero-order chi connectivity index (χ0) is 19.8. The van der Waals surface area contributed by atoms with Gasteiger partial charge in [-0.3, -0.25) is 14.2 Å². The largest absolute Gasteiger partial charge is 0.360 e. The maximum atomic E-state index is 12.6. The first kappa shape index (κ1) is 19.7. The summed E-state index contributed by atoms with van der Waals surface area (Å²) in [5, 5.41) is 23.3. The van der Waals surface area contributed by atoms with Crippen LogP contribution in [0.1, 0.15) is 12.5 Å². The van der Waals surface area contributed by atoms with Gasteiger partial charge in [0.15, 0.2) is 5.57 Å². The lowest BCUT2D eigenvalue weighted by molar-refractivity contribution is -0.115. The smallest absolute Gasteiger partial charge is 0.270 e. The molecule has 0 saturated carbocycles. The van der Waals surface area contributed by atoms with Crippen molar-refractivity contribution in [1.29, 1.82) is 10.5 Å². The molecule has 2 aromatic rings. The van der Waals surface area contributed by atoms with Crippen molar-refractivity contribution in [3.63, 3.8) is 0 Å². The molecular weight excluding hydrogens is 362 g/mol. The van der Waals surface area contributed by atoms with Gasteiger partial charge in [0.2, 0.25) is 0 Å². The fourth-order valence-electron chi connectivity index (χ4n) is 2.30. The molecule has 0 aliphatic heterocycles. The van der Waals surface area contributed by atoms with Gasteiger partial charge in [-0.1, -0.05) is 24.8 Å². The summed E-state index contributed by atoms with van der Waals surface area (Å²) in [7, 11) is 0. The second-order valence-corrected chi connectivity index (χ2v) is 6.30. The number of nitrogens with one attached hydrogen (secondary N) is 2. The Labute approximate surface area is 159 Å². The van der Waals surface area contributed by atoms with Gasteiger partial charge in [0.25, 0.3) is 11.5 Å². The van der Waals surface area contributed by atoms with Crippen LogP contribution in [0.3, 0.4) is 0 Å². The van der Waals surface area contributed by atoms with Gasteiger partial charge in [-0.15, -0.1) is 11.3 Å². The molecule has 0 bridgehead atoms. The summed E-state index contributed by atoms with van der Waals surface area (Å²) >= 11 is 1.04. The Kier molecular flexibility index (Phi) is 6.70. The predicted octanol–water partition coefficient (Wildman–Crippen LogP) is 0.737. The normalized spacial score (nSPS) is 11.9. The van der Waals surface area contributed by atoms with E-state index in [1.807, 2.05) is 30.3 Å². The van der Waals surface area contributed by atoms with E-state index >= 15 is 0 Å². The van der Waals surface area contributed by atoms with Crippen LogP contribution < -0.4 is 25.4 Å². The average molecular weight is 379 g/mol. The quantitative estimate of drug-likeness (QED) is 0.719. The van der Waals surface area contributed by atoms with Crippen LogP contribution in [0.2, 0.25) is 0 Å². The number of aromatic nitrogens is 1. The lowest BCUT2D eigenvalue weighted by atomic mass is 10.2. The molecule has 0 fully saturated rings. The van der Waals surface area contributed by atoms with E-state index in [1.165, 1.54) is 4.57 Å². The van der Waals surface area contributed by atoms with Crippen molar-refractivity contribution in [3.05, 3.63) is 56.0 Å². The third-order valence-corrected chi connectivity index (χ3v) is 4.73. The summed E-state index contributed by atoms with van der Waals surface area (Å²) in [5.74, 6) is -0.680. The summed E-state index contributed by atoms with van der Waals surface area (Å²) in [5.41, 5.74) is 1.22. The third-order valence-electron chi connectivity index (χ3n) is 3.60. The second-order valence-electron chi connectivity index (χ2n) is 5.27. The van der Waals surface area contributed by atoms with Crippen molar-refractivity contribution < 1.29 is 4.79 Å². The molecule has 1 heterocycles. The van der Waals surface area contributed by atoms with Gasteiger partial charge in [-0.25, -0.2) is 0 Å². The molecule has 0 spiro atoms. The summed E-state index contributed by atoms with van der Waals surface area (Å²) in [6, 6.07) is 11.1. The number of rotatable bonds is 6. The number of carbonyl (C=O) groups excluding carboxylic acids is 1. The van der Waals surface area contributed by atoms with Crippen LogP contribution in [-0.4, -0.2) is 17.0 Å². The highest BCUT2D eigenvalue weighted by molar-refractivity contribution is 7.07. The van der Waals surface area contributed by atoms with Gasteiger partial charge in [-0.05, 0) is 24.6 Å². The summed E-state index contributed by atoms with van der Waals surface area (Å²) < 4.78 is 1.98.